The molecule has 1 amide bonds. The van der Waals surface area contributed by atoms with E-state index in [0.29, 0.717) is 19.1 Å². The number of carbonyl (C=O) groups is 2. The largest absolute Gasteiger partial charge is 0.452 e. The molecule has 1 saturated carbocycles. The molecule has 1 aromatic carbocycles. The van der Waals surface area contributed by atoms with Crippen LogP contribution in [0.15, 0.2) is 18.2 Å². The summed E-state index contributed by atoms with van der Waals surface area (Å²) in [6.45, 7) is 2.46. The van der Waals surface area contributed by atoms with Crippen LogP contribution < -0.4 is 10.6 Å². The number of ether oxygens (including phenoxy) is 2. The molecule has 1 aliphatic rings. The van der Waals surface area contributed by atoms with E-state index in [4.69, 9.17) is 9.47 Å². The van der Waals surface area contributed by atoms with Crippen molar-refractivity contribution in [1.82, 2.24) is 5.32 Å². The van der Waals surface area contributed by atoms with Gasteiger partial charge in [-0.25, -0.2) is 4.79 Å². The van der Waals surface area contributed by atoms with Crippen LogP contribution in [0.5, 0.6) is 0 Å². The zero-order chi connectivity index (χ0) is 20.5. The number of nitro benzene ring substituents is 1. The highest BCUT2D eigenvalue weighted by Crippen LogP contribution is 2.26. The molecule has 2 N–H and O–H groups in total. The van der Waals surface area contributed by atoms with Crippen molar-refractivity contribution >= 4 is 23.3 Å². The predicted octanol–water partition coefficient (Wildman–Crippen LogP) is 2.50. The fraction of sp³-hybridized carbons (Fsp3) is 0.579. The number of esters is 1. The summed E-state index contributed by atoms with van der Waals surface area (Å²) in [5.41, 5.74) is 0.0523. The number of nitrogens with zero attached hydrogens (tertiary/aromatic N) is 1. The van der Waals surface area contributed by atoms with E-state index in [1.54, 1.807) is 0 Å². The van der Waals surface area contributed by atoms with Gasteiger partial charge in [-0.05, 0) is 30.9 Å². The molecule has 9 nitrogen and oxygen atoms in total. The Labute approximate surface area is 163 Å². The number of hydrogen-bond donors (Lipinski definition) is 2. The quantitative estimate of drug-likeness (QED) is 0.286. The standard InChI is InChI=1S/C19H27N3O6/c1-13-5-3-4-6-15(13)21-18(23)12-28-19(24)14-7-8-16(20-9-10-27-2)17(11-14)22(25)26/h7-8,11,13,15,20H,3-6,9-10,12H2,1-2H3,(H,21,23)/t13-,15-/m1/s1. The van der Waals surface area contributed by atoms with Gasteiger partial charge >= 0.3 is 5.97 Å². The van der Waals surface area contributed by atoms with E-state index in [0.717, 1.165) is 31.7 Å². The Morgan fingerprint density at radius 3 is 2.71 bits per heavy atom. The number of nitro groups is 1. The summed E-state index contributed by atoms with van der Waals surface area (Å²) in [6.07, 6.45) is 4.23. The summed E-state index contributed by atoms with van der Waals surface area (Å²) in [6, 6.07) is 4.09. The minimum Gasteiger partial charge on any atom is -0.452 e. The monoisotopic (exact) mass is 393 g/mol. The average molecular weight is 393 g/mol. The molecule has 2 rings (SSSR count). The first kappa shape index (κ1) is 21.6. The highest BCUT2D eigenvalue weighted by molar-refractivity contribution is 5.93. The lowest BCUT2D eigenvalue weighted by molar-refractivity contribution is -0.384. The SMILES string of the molecule is COCCNc1ccc(C(=O)OCC(=O)N[C@@H]2CCCC[C@H]2C)cc1[N+](=O)[O-]. The molecule has 0 bridgehead atoms. The van der Waals surface area contributed by atoms with Crippen molar-refractivity contribution < 1.29 is 24.0 Å². The first-order valence-corrected chi connectivity index (χ1v) is 9.40. The van der Waals surface area contributed by atoms with Crippen LogP contribution in [0.2, 0.25) is 0 Å². The molecule has 0 heterocycles. The summed E-state index contributed by atoms with van der Waals surface area (Å²) < 4.78 is 9.92. The molecule has 1 aliphatic carbocycles. The maximum absolute atomic E-state index is 12.2. The Morgan fingerprint density at radius 2 is 2.04 bits per heavy atom. The molecule has 28 heavy (non-hydrogen) atoms. The summed E-state index contributed by atoms with van der Waals surface area (Å²) in [7, 11) is 1.53. The third-order valence-corrected chi connectivity index (χ3v) is 4.84. The Hall–Kier alpha value is -2.68. The van der Waals surface area contributed by atoms with Gasteiger partial charge in [-0.2, -0.15) is 0 Å². The lowest BCUT2D eigenvalue weighted by Crippen LogP contribution is -2.42. The van der Waals surface area contributed by atoms with Gasteiger partial charge in [-0.3, -0.25) is 14.9 Å². The van der Waals surface area contributed by atoms with E-state index in [1.807, 2.05) is 0 Å². The molecular formula is C19H27N3O6. The summed E-state index contributed by atoms with van der Waals surface area (Å²) >= 11 is 0. The van der Waals surface area contributed by atoms with E-state index in [-0.39, 0.29) is 28.9 Å². The van der Waals surface area contributed by atoms with E-state index in [1.165, 1.54) is 19.2 Å². The van der Waals surface area contributed by atoms with Crippen molar-refractivity contribution in [3.05, 3.63) is 33.9 Å². The van der Waals surface area contributed by atoms with E-state index in [9.17, 15) is 19.7 Å². The number of hydrogen-bond acceptors (Lipinski definition) is 7. The first-order chi connectivity index (χ1) is 13.4. The van der Waals surface area contributed by atoms with Crippen molar-refractivity contribution in [2.45, 2.75) is 38.6 Å². The molecule has 1 fully saturated rings. The fourth-order valence-corrected chi connectivity index (χ4v) is 3.24. The highest BCUT2D eigenvalue weighted by atomic mass is 16.6. The van der Waals surface area contributed by atoms with E-state index >= 15 is 0 Å². The van der Waals surface area contributed by atoms with Crippen molar-refractivity contribution in [3.8, 4) is 0 Å². The van der Waals surface area contributed by atoms with Gasteiger partial charge in [0.05, 0.1) is 17.1 Å². The van der Waals surface area contributed by atoms with Crippen LogP contribution in [-0.4, -0.2) is 49.7 Å². The molecule has 0 saturated heterocycles. The van der Waals surface area contributed by atoms with Crippen molar-refractivity contribution in [2.75, 3.05) is 32.2 Å². The van der Waals surface area contributed by atoms with Crippen LogP contribution in [0.4, 0.5) is 11.4 Å². The second-order valence-electron chi connectivity index (χ2n) is 6.92. The van der Waals surface area contributed by atoms with Crippen LogP contribution in [-0.2, 0) is 14.3 Å². The van der Waals surface area contributed by atoms with Gasteiger partial charge < -0.3 is 20.1 Å². The van der Waals surface area contributed by atoms with Crippen molar-refractivity contribution in [2.24, 2.45) is 5.92 Å². The molecule has 0 unspecified atom stereocenters. The predicted molar refractivity (Wildman–Crippen MR) is 103 cm³/mol. The van der Waals surface area contributed by atoms with Gasteiger partial charge in [-0.15, -0.1) is 0 Å². The lowest BCUT2D eigenvalue weighted by Gasteiger charge is -2.29. The molecule has 0 radical (unpaired) electrons. The molecular weight excluding hydrogens is 366 g/mol. The Balaban J connectivity index is 1.92. The first-order valence-electron chi connectivity index (χ1n) is 9.40. The molecule has 0 aliphatic heterocycles. The Morgan fingerprint density at radius 1 is 1.29 bits per heavy atom. The minimum absolute atomic E-state index is 0.0165. The second-order valence-corrected chi connectivity index (χ2v) is 6.92. The van der Waals surface area contributed by atoms with Gasteiger partial charge in [0.25, 0.3) is 11.6 Å². The van der Waals surface area contributed by atoms with Crippen LogP contribution in [0.1, 0.15) is 43.0 Å². The number of carbonyl (C=O) groups excluding carboxylic acids is 2. The van der Waals surface area contributed by atoms with E-state index in [2.05, 4.69) is 17.6 Å². The molecule has 2 atom stereocenters. The number of benzene rings is 1. The number of methoxy groups -OCH3 is 1. The Kier molecular flexibility index (Phi) is 8.19. The second kappa shape index (κ2) is 10.6. The van der Waals surface area contributed by atoms with Gasteiger partial charge in [0.2, 0.25) is 0 Å². The van der Waals surface area contributed by atoms with Gasteiger partial charge in [-0.1, -0.05) is 19.8 Å². The normalized spacial score (nSPS) is 18.9. The van der Waals surface area contributed by atoms with Crippen molar-refractivity contribution in [3.63, 3.8) is 0 Å². The third-order valence-electron chi connectivity index (χ3n) is 4.84. The van der Waals surface area contributed by atoms with Crippen molar-refractivity contribution in [1.29, 1.82) is 0 Å². The number of nitrogens with one attached hydrogen (secondary N) is 2. The minimum atomic E-state index is -0.779. The van der Waals surface area contributed by atoms with Gasteiger partial charge in [0, 0.05) is 25.8 Å². The highest BCUT2D eigenvalue weighted by Gasteiger charge is 2.24. The van der Waals surface area contributed by atoms with Gasteiger partial charge in [0.15, 0.2) is 6.61 Å². The topological polar surface area (TPSA) is 120 Å². The average Bonchev–Trinajstić information content (AvgIpc) is 2.68. The molecule has 0 aromatic heterocycles. The summed E-state index contributed by atoms with van der Waals surface area (Å²) in [5, 5.41) is 17.0. The zero-order valence-electron chi connectivity index (χ0n) is 16.2. The third kappa shape index (κ3) is 6.19. The smallest absolute Gasteiger partial charge is 0.338 e. The molecule has 9 heteroatoms. The van der Waals surface area contributed by atoms with Gasteiger partial charge in [0.1, 0.15) is 5.69 Å². The van der Waals surface area contributed by atoms with Crippen LogP contribution >= 0.6 is 0 Å². The van der Waals surface area contributed by atoms with Crippen LogP contribution in [0.25, 0.3) is 0 Å². The maximum atomic E-state index is 12.2. The summed E-state index contributed by atoms with van der Waals surface area (Å²) in [5.74, 6) is -0.743. The zero-order valence-corrected chi connectivity index (χ0v) is 16.2. The lowest BCUT2D eigenvalue weighted by atomic mass is 9.86. The number of rotatable bonds is 9. The maximum Gasteiger partial charge on any atom is 0.338 e. The van der Waals surface area contributed by atoms with Crippen LogP contribution in [0.3, 0.4) is 0 Å². The van der Waals surface area contributed by atoms with E-state index < -0.39 is 17.5 Å². The Bertz CT molecular complexity index is 709. The van der Waals surface area contributed by atoms with Crippen LogP contribution in [0, 0.1) is 16.0 Å². The fourth-order valence-electron chi connectivity index (χ4n) is 3.24. The molecule has 1 aromatic rings. The number of amides is 1. The molecule has 0 spiro atoms. The molecule has 154 valence electrons. The summed E-state index contributed by atoms with van der Waals surface area (Å²) in [4.78, 5) is 34.9. The number of anilines is 1.